The van der Waals surface area contributed by atoms with Crippen LogP contribution in [0, 0.1) is 0 Å². The lowest BCUT2D eigenvalue weighted by atomic mass is 10.0. The maximum absolute atomic E-state index is 9.54. The Morgan fingerprint density at radius 2 is 2.39 bits per heavy atom. The molecule has 100 valence electrons. The van der Waals surface area contributed by atoms with Crippen LogP contribution in [0.3, 0.4) is 0 Å². The molecule has 0 aromatic heterocycles. The first kappa shape index (κ1) is 13.8. The minimum absolute atomic E-state index is 0.376. The predicted molar refractivity (Wildman–Crippen MR) is 79.4 cm³/mol. The average molecular weight is 265 g/mol. The summed E-state index contributed by atoms with van der Waals surface area (Å²) in [7, 11) is 0. The molecule has 2 rings (SSSR count). The minimum Gasteiger partial charge on any atom is -0.508 e. The van der Waals surface area contributed by atoms with Gasteiger partial charge in [-0.2, -0.15) is 11.8 Å². The molecular formula is C15H23NOS. The number of hydrogen-bond acceptors (Lipinski definition) is 3. The Morgan fingerprint density at radius 3 is 3.06 bits per heavy atom. The quantitative estimate of drug-likeness (QED) is 0.828. The highest BCUT2D eigenvalue weighted by Crippen LogP contribution is 2.30. The molecule has 1 saturated heterocycles. The monoisotopic (exact) mass is 265 g/mol. The van der Waals surface area contributed by atoms with E-state index < -0.39 is 0 Å². The van der Waals surface area contributed by atoms with Crippen molar-refractivity contribution in [3.8, 4) is 5.75 Å². The van der Waals surface area contributed by atoms with Crippen molar-refractivity contribution < 1.29 is 5.11 Å². The Kier molecular flexibility index (Phi) is 5.39. The molecule has 1 aromatic rings. The largest absolute Gasteiger partial charge is 0.508 e. The Bertz CT molecular complexity index is 363. The third-order valence-electron chi connectivity index (χ3n) is 3.44. The highest BCUT2D eigenvalue weighted by molar-refractivity contribution is 8.00. The van der Waals surface area contributed by atoms with E-state index in [1.54, 1.807) is 6.07 Å². The van der Waals surface area contributed by atoms with Crippen molar-refractivity contribution in [2.45, 2.75) is 43.9 Å². The minimum atomic E-state index is 0.376. The second-order valence-corrected chi connectivity index (χ2v) is 6.33. The molecule has 0 spiro atoms. The Hall–Kier alpha value is -0.670. The lowest BCUT2D eigenvalue weighted by Gasteiger charge is -2.24. The third kappa shape index (κ3) is 3.92. The van der Waals surface area contributed by atoms with Crippen LogP contribution in [-0.4, -0.2) is 28.7 Å². The highest BCUT2D eigenvalue weighted by Gasteiger charge is 2.25. The van der Waals surface area contributed by atoms with Gasteiger partial charge in [0, 0.05) is 11.3 Å². The van der Waals surface area contributed by atoms with Crippen LogP contribution in [0.2, 0.25) is 0 Å². The summed E-state index contributed by atoms with van der Waals surface area (Å²) in [5, 5.41) is 14.0. The van der Waals surface area contributed by atoms with E-state index in [9.17, 15) is 5.11 Å². The van der Waals surface area contributed by atoms with Crippen molar-refractivity contribution in [1.29, 1.82) is 0 Å². The summed E-state index contributed by atoms with van der Waals surface area (Å²) in [6.07, 6.45) is 4.87. The van der Waals surface area contributed by atoms with Gasteiger partial charge in [-0.3, -0.25) is 0 Å². The van der Waals surface area contributed by atoms with Crippen LogP contribution < -0.4 is 5.32 Å². The summed E-state index contributed by atoms with van der Waals surface area (Å²) in [4.78, 5) is 0. The topological polar surface area (TPSA) is 32.3 Å². The molecule has 1 aliphatic rings. The summed E-state index contributed by atoms with van der Waals surface area (Å²) in [6.45, 7) is 3.29. The van der Waals surface area contributed by atoms with Gasteiger partial charge in [-0.25, -0.2) is 0 Å². The van der Waals surface area contributed by atoms with Gasteiger partial charge >= 0.3 is 0 Å². The molecule has 1 aliphatic heterocycles. The molecule has 2 unspecified atom stereocenters. The van der Waals surface area contributed by atoms with Gasteiger partial charge in [0.15, 0.2) is 0 Å². The van der Waals surface area contributed by atoms with Crippen LogP contribution in [0.1, 0.15) is 31.7 Å². The summed E-state index contributed by atoms with van der Waals surface area (Å²) < 4.78 is 0. The van der Waals surface area contributed by atoms with Gasteiger partial charge in [-0.1, -0.05) is 19.1 Å². The van der Waals surface area contributed by atoms with Crippen LogP contribution in [0.5, 0.6) is 5.75 Å². The van der Waals surface area contributed by atoms with E-state index in [-0.39, 0.29) is 0 Å². The summed E-state index contributed by atoms with van der Waals surface area (Å²) in [5.41, 5.74) is 1.23. The van der Waals surface area contributed by atoms with Crippen molar-refractivity contribution in [1.82, 2.24) is 5.32 Å². The molecule has 0 amide bonds. The Morgan fingerprint density at radius 1 is 1.50 bits per heavy atom. The molecule has 3 heteroatoms. The fraction of sp³-hybridized carbons (Fsp3) is 0.600. The lowest BCUT2D eigenvalue weighted by molar-refractivity contribution is 0.467. The zero-order valence-electron chi connectivity index (χ0n) is 11.1. The molecule has 2 N–H and O–H groups in total. The van der Waals surface area contributed by atoms with Crippen LogP contribution in [-0.2, 0) is 6.42 Å². The first-order chi connectivity index (χ1) is 8.79. The van der Waals surface area contributed by atoms with Crippen LogP contribution in [0.15, 0.2) is 24.3 Å². The Labute approximate surface area is 114 Å². The molecule has 2 nitrogen and oxygen atoms in total. The van der Waals surface area contributed by atoms with E-state index in [4.69, 9.17) is 0 Å². The van der Waals surface area contributed by atoms with E-state index >= 15 is 0 Å². The van der Waals surface area contributed by atoms with Crippen molar-refractivity contribution in [3.63, 3.8) is 0 Å². The summed E-state index contributed by atoms with van der Waals surface area (Å²) >= 11 is 2.10. The molecule has 2 atom stereocenters. The maximum atomic E-state index is 9.54. The predicted octanol–water partition coefficient (Wildman–Crippen LogP) is 3.20. The summed E-state index contributed by atoms with van der Waals surface area (Å²) in [6, 6.07) is 8.21. The normalized spacial score (nSPS) is 21.1. The zero-order chi connectivity index (χ0) is 12.8. The van der Waals surface area contributed by atoms with Gasteiger partial charge in [-0.15, -0.1) is 0 Å². The van der Waals surface area contributed by atoms with Crippen molar-refractivity contribution in [2.75, 3.05) is 12.3 Å². The van der Waals surface area contributed by atoms with E-state index in [0.29, 0.717) is 11.8 Å². The van der Waals surface area contributed by atoms with Gasteiger partial charge in [0.1, 0.15) is 5.75 Å². The van der Waals surface area contributed by atoms with E-state index in [1.807, 2.05) is 12.1 Å². The van der Waals surface area contributed by atoms with Crippen LogP contribution in [0.25, 0.3) is 0 Å². The number of phenolic OH excluding ortho intramolecular Hbond substituents is 1. The van der Waals surface area contributed by atoms with Crippen molar-refractivity contribution in [2.24, 2.45) is 0 Å². The van der Waals surface area contributed by atoms with Crippen LogP contribution >= 0.6 is 11.8 Å². The average Bonchev–Trinajstić information content (AvgIpc) is 2.88. The molecular weight excluding hydrogens is 242 g/mol. The van der Waals surface area contributed by atoms with Gasteiger partial charge in [0.2, 0.25) is 0 Å². The maximum Gasteiger partial charge on any atom is 0.115 e. The highest BCUT2D eigenvalue weighted by atomic mass is 32.2. The summed E-state index contributed by atoms with van der Waals surface area (Å²) in [5.74, 6) is 1.68. The van der Waals surface area contributed by atoms with E-state index in [2.05, 4.69) is 30.1 Å². The molecule has 1 aromatic carbocycles. The number of hydrogen-bond donors (Lipinski definition) is 2. The van der Waals surface area contributed by atoms with Gasteiger partial charge in [0.05, 0.1) is 0 Å². The number of benzene rings is 1. The van der Waals surface area contributed by atoms with E-state index in [0.717, 1.165) is 18.2 Å². The molecule has 0 aliphatic carbocycles. The fourth-order valence-corrected chi connectivity index (χ4v) is 3.92. The third-order valence-corrected chi connectivity index (χ3v) is 4.95. The molecule has 1 fully saturated rings. The van der Waals surface area contributed by atoms with E-state index in [1.165, 1.54) is 30.6 Å². The number of phenols is 1. The second-order valence-electron chi connectivity index (χ2n) is 4.99. The molecule has 18 heavy (non-hydrogen) atoms. The number of aromatic hydroxyl groups is 1. The second kappa shape index (κ2) is 7.05. The van der Waals surface area contributed by atoms with Crippen molar-refractivity contribution in [3.05, 3.63) is 29.8 Å². The first-order valence-corrected chi connectivity index (χ1v) is 7.97. The van der Waals surface area contributed by atoms with Gasteiger partial charge in [-0.05, 0) is 55.7 Å². The molecule has 1 heterocycles. The standard InChI is InChI=1S/C15H23NOS/c1-2-8-16-14(15-7-4-9-18-15)11-12-5-3-6-13(17)10-12/h3,5-6,10,14-17H,2,4,7-9,11H2,1H3. The zero-order valence-corrected chi connectivity index (χ0v) is 11.9. The number of rotatable bonds is 6. The lowest BCUT2D eigenvalue weighted by Crippen LogP contribution is -2.39. The van der Waals surface area contributed by atoms with Crippen LogP contribution in [0.4, 0.5) is 0 Å². The molecule has 0 saturated carbocycles. The molecule has 0 radical (unpaired) electrons. The fourth-order valence-electron chi connectivity index (χ4n) is 2.52. The van der Waals surface area contributed by atoms with Crippen molar-refractivity contribution >= 4 is 11.8 Å². The van der Waals surface area contributed by atoms with Gasteiger partial charge < -0.3 is 10.4 Å². The smallest absolute Gasteiger partial charge is 0.115 e. The number of nitrogens with one attached hydrogen (secondary N) is 1. The first-order valence-electron chi connectivity index (χ1n) is 6.92. The molecule has 0 bridgehead atoms. The SMILES string of the molecule is CCCNC(Cc1cccc(O)c1)C1CCCS1. The van der Waals surface area contributed by atoms with Gasteiger partial charge in [0.25, 0.3) is 0 Å². The Balaban J connectivity index is 1.99. The number of thioether (sulfide) groups is 1.